The molecule has 0 aliphatic rings. The van der Waals surface area contributed by atoms with Gasteiger partial charge in [0.05, 0.1) is 7.11 Å². The van der Waals surface area contributed by atoms with E-state index in [-0.39, 0.29) is 5.97 Å². The zero-order valence-corrected chi connectivity index (χ0v) is 10.4. The summed E-state index contributed by atoms with van der Waals surface area (Å²) >= 11 is 7.21. The normalized spacial score (nSPS) is 12.2. The van der Waals surface area contributed by atoms with E-state index in [1.807, 2.05) is 6.07 Å². The number of thioether (sulfide) groups is 1. The maximum atomic E-state index is 11.0. The largest absolute Gasteiger partial charge is 0.468 e. The quantitative estimate of drug-likeness (QED) is 0.642. The molecule has 4 nitrogen and oxygen atoms in total. The fourth-order valence-electron chi connectivity index (χ4n) is 1.01. The Hall–Kier alpha value is -0.780. The Morgan fingerprint density at radius 3 is 3.00 bits per heavy atom. The lowest BCUT2D eigenvalue weighted by Gasteiger charge is -2.08. The van der Waals surface area contributed by atoms with Crippen LogP contribution in [0.4, 0.5) is 0 Å². The van der Waals surface area contributed by atoms with Gasteiger partial charge in [0.2, 0.25) is 0 Å². The van der Waals surface area contributed by atoms with Crippen molar-refractivity contribution >= 4 is 29.3 Å². The predicted octanol–water partition coefficient (Wildman–Crippen LogP) is 1.47. The van der Waals surface area contributed by atoms with E-state index in [2.05, 4.69) is 9.72 Å². The number of esters is 1. The number of halogens is 1. The fraction of sp³-hybridized carbons (Fsp3) is 0.400. The lowest BCUT2D eigenvalue weighted by Crippen LogP contribution is -2.33. The van der Waals surface area contributed by atoms with Gasteiger partial charge in [-0.15, -0.1) is 0 Å². The molecule has 0 aliphatic heterocycles. The van der Waals surface area contributed by atoms with E-state index in [0.717, 1.165) is 11.3 Å². The topological polar surface area (TPSA) is 65.2 Å². The van der Waals surface area contributed by atoms with Crippen molar-refractivity contribution < 1.29 is 9.53 Å². The van der Waals surface area contributed by atoms with E-state index in [1.165, 1.54) is 7.11 Å². The second-order valence-electron chi connectivity index (χ2n) is 3.13. The molecule has 16 heavy (non-hydrogen) atoms. The van der Waals surface area contributed by atoms with Crippen molar-refractivity contribution in [2.45, 2.75) is 11.8 Å². The Kier molecular flexibility index (Phi) is 5.59. The molecule has 0 amide bonds. The number of carbonyl (C=O) groups is 1. The van der Waals surface area contributed by atoms with Crippen LogP contribution in [0.3, 0.4) is 0 Å². The van der Waals surface area contributed by atoms with Gasteiger partial charge in [-0.1, -0.05) is 17.7 Å². The minimum absolute atomic E-state index is 0.387. The lowest BCUT2D eigenvalue weighted by molar-refractivity contribution is -0.141. The zero-order valence-electron chi connectivity index (χ0n) is 8.85. The number of rotatable bonds is 5. The van der Waals surface area contributed by atoms with Crippen LogP contribution in [-0.4, -0.2) is 29.9 Å². The summed E-state index contributed by atoms with van der Waals surface area (Å²) in [7, 11) is 1.33. The van der Waals surface area contributed by atoms with E-state index >= 15 is 0 Å². The molecule has 1 atom stereocenters. The molecule has 0 fully saturated rings. The molecule has 1 rings (SSSR count). The summed E-state index contributed by atoms with van der Waals surface area (Å²) in [5.41, 5.74) is 6.63. The average molecular weight is 261 g/mol. The van der Waals surface area contributed by atoms with Gasteiger partial charge in [0, 0.05) is 17.7 Å². The van der Waals surface area contributed by atoms with Crippen LogP contribution in [-0.2, 0) is 15.3 Å². The van der Waals surface area contributed by atoms with E-state index in [0.29, 0.717) is 10.9 Å². The highest BCUT2D eigenvalue weighted by Gasteiger charge is 2.12. The molecule has 0 saturated heterocycles. The van der Waals surface area contributed by atoms with Crippen molar-refractivity contribution in [1.82, 2.24) is 4.98 Å². The second-order valence-corrected chi connectivity index (χ2v) is 4.55. The molecule has 1 aromatic rings. The number of hydrogen-bond donors (Lipinski definition) is 1. The van der Waals surface area contributed by atoms with Crippen LogP contribution in [0.5, 0.6) is 0 Å². The van der Waals surface area contributed by atoms with Crippen LogP contribution >= 0.6 is 23.4 Å². The van der Waals surface area contributed by atoms with Crippen LogP contribution in [0.2, 0.25) is 5.15 Å². The molecule has 0 aromatic carbocycles. The molecule has 0 saturated carbocycles. The molecule has 1 aromatic heterocycles. The Balaban J connectivity index is 2.30. The van der Waals surface area contributed by atoms with Gasteiger partial charge in [0.25, 0.3) is 0 Å². The molecule has 0 aliphatic carbocycles. The molecular formula is C10H13ClN2O2S. The summed E-state index contributed by atoms with van der Waals surface area (Å²) in [5, 5.41) is 0.472. The highest BCUT2D eigenvalue weighted by atomic mass is 35.5. The first-order chi connectivity index (χ1) is 7.63. The van der Waals surface area contributed by atoms with Crippen LogP contribution in [0.15, 0.2) is 18.3 Å². The average Bonchev–Trinajstić information content (AvgIpc) is 2.30. The summed E-state index contributed by atoms with van der Waals surface area (Å²) in [6, 6.07) is 3.05. The molecule has 0 spiro atoms. The number of methoxy groups -OCH3 is 1. The number of pyridine rings is 1. The first-order valence-corrected chi connectivity index (χ1v) is 6.18. The number of hydrogen-bond acceptors (Lipinski definition) is 5. The summed E-state index contributed by atoms with van der Waals surface area (Å²) in [4.78, 5) is 15.0. The van der Waals surface area contributed by atoms with Crippen LogP contribution in [0, 0.1) is 0 Å². The van der Waals surface area contributed by atoms with Gasteiger partial charge in [-0.2, -0.15) is 11.8 Å². The Morgan fingerprint density at radius 1 is 1.69 bits per heavy atom. The van der Waals surface area contributed by atoms with Crippen molar-refractivity contribution in [1.29, 1.82) is 0 Å². The van der Waals surface area contributed by atoms with Crippen molar-refractivity contribution in [2.75, 3.05) is 12.9 Å². The Morgan fingerprint density at radius 2 is 2.44 bits per heavy atom. The van der Waals surface area contributed by atoms with E-state index in [1.54, 1.807) is 24.0 Å². The molecule has 6 heteroatoms. The molecule has 0 radical (unpaired) electrons. The Labute approximate surface area is 104 Å². The van der Waals surface area contributed by atoms with Gasteiger partial charge >= 0.3 is 5.97 Å². The molecule has 1 heterocycles. The minimum atomic E-state index is -0.574. The number of ether oxygens (including phenoxy) is 1. The van der Waals surface area contributed by atoms with Gasteiger partial charge in [-0.25, -0.2) is 4.98 Å². The van der Waals surface area contributed by atoms with E-state index in [4.69, 9.17) is 17.3 Å². The zero-order chi connectivity index (χ0) is 12.0. The maximum Gasteiger partial charge on any atom is 0.323 e. The smallest absolute Gasteiger partial charge is 0.323 e. The van der Waals surface area contributed by atoms with Crippen molar-refractivity contribution in [3.8, 4) is 0 Å². The van der Waals surface area contributed by atoms with Gasteiger partial charge in [-0.05, 0) is 11.6 Å². The summed E-state index contributed by atoms with van der Waals surface area (Å²) < 4.78 is 4.52. The van der Waals surface area contributed by atoms with Gasteiger partial charge in [0.1, 0.15) is 11.2 Å². The number of carbonyl (C=O) groups excluding carboxylic acids is 1. The van der Waals surface area contributed by atoms with Crippen molar-refractivity contribution in [2.24, 2.45) is 5.73 Å². The third kappa shape index (κ3) is 4.38. The third-order valence-corrected chi connectivity index (χ3v) is 3.21. The third-order valence-electron chi connectivity index (χ3n) is 1.86. The monoisotopic (exact) mass is 260 g/mol. The fourth-order valence-corrected chi connectivity index (χ4v) is 2.04. The SMILES string of the molecule is COC(=O)C(N)CSCc1ccc(Cl)nc1. The minimum Gasteiger partial charge on any atom is -0.468 e. The molecule has 88 valence electrons. The molecule has 0 bridgehead atoms. The standard InChI is InChI=1S/C10H13ClN2O2S/c1-15-10(14)8(12)6-16-5-7-2-3-9(11)13-4-7/h2-4,8H,5-6,12H2,1H3. The highest BCUT2D eigenvalue weighted by Crippen LogP contribution is 2.13. The molecule has 2 N–H and O–H groups in total. The van der Waals surface area contributed by atoms with Gasteiger partial charge in [0.15, 0.2) is 0 Å². The number of nitrogens with zero attached hydrogens (tertiary/aromatic N) is 1. The van der Waals surface area contributed by atoms with Gasteiger partial charge < -0.3 is 10.5 Å². The van der Waals surface area contributed by atoms with Crippen molar-refractivity contribution in [3.63, 3.8) is 0 Å². The summed E-state index contributed by atoms with van der Waals surface area (Å²) in [5.74, 6) is 0.881. The first kappa shape index (κ1) is 13.3. The molecular weight excluding hydrogens is 248 g/mol. The first-order valence-electron chi connectivity index (χ1n) is 4.65. The number of aromatic nitrogens is 1. The highest BCUT2D eigenvalue weighted by molar-refractivity contribution is 7.98. The maximum absolute atomic E-state index is 11.0. The Bertz CT molecular complexity index is 345. The lowest BCUT2D eigenvalue weighted by atomic mass is 10.3. The summed E-state index contributed by atoms with van der Waals surface area (Å²) in [6.45, 7) is 0. The summed E-state index contributed by atoms with van der Waals surface area (Å²) in [6.07, 6.45) is 1.71. The van der Waals surface area contributed by atoms with Crippen LogP contribution < -0.4 is 5.73 Å². The van der Waals surface area contributed by atoms with Crippen LogP contribution in [0.1, 0.15) is 5.56 Å². The van der Waals surface area contributed by atoms with Gasteiger partial charge in [-0.3, -0.25) is 4.79 Å². The van der Waals surface area contributed by atoms with E-state index in [9.17, 15) is 4.79 Å². The van der Waals surface area contributed by atoms with E-state index < -0.39 is 6.04 Å². The molecule has 1 unspecified atom stereocenters. The van der Waals surface area contributed by atoms with Crippen LogP contribution in [0.25, 0.3) is 0 Å². The predicted molar refractivity (Wildman–Crippen MR) is 65.4 cm³/mol. The van der Waals surface area contributed by atoms with Crippen molar-refractivity contribution in [3.05, 3.63) is 29.0 Å². The second kappa shape index (κ2) is 6.73. The number of nitrogens with two attached hydrogens (primary N) is 1.